The minimum atomic E-state index is -1.00. The minimum Gasteiger partial charge on any atom is -0.465 e. The Hall–Kier alpha value is -2.08. The summed E-state index contributed by atoms with van der Waals surface area (Å²) < 4.78 is 9.95. The third kappa shape index (κ3) is 3.76. The lowest BCUT2D eigenvalue weighted by molar-refractivity contribution is -0.215. The van der Waals surface area contributed by atoms with Crippen LogP contribution in [0.15, 0.2) is 18.2 Å². The molecule has 6 nitrogen and oxygen atoms in total. The van der Waals surface area contributed by atoms with E-state index >= 15 is 0 Å². The number of ether oxygens (including phenoxy) is 2. The van der Waals surface area contributed by atoms with Gasteiger partial charge in [-0.25, -0.2) is 0 Å². The highest BCUT2D eigenvalue weighted by Crippen LogP contribution is 2.30. The number of carbonyl (C=O) groups excluding carboxylic acids is 2. The normalized spacial score (nSPS) is 13.2. The molecular formula is C16H20O6. The van der Waals surface area contributed by atoms with Crippen LogP contribution in [0, 0.1) is 5.92 Å². The minimum absolute atomic E-state index is 0.157. The fourth-order valence-corrected chi connectivity index (χ4v) is 2.32. The lowest BCUT2D eigenvalue weighted by Gasteiger charge is -2.20. The molecule has 1 aromatic rings. The summed E-state index contributed by atoms with van der Waals surface area (Å²) in [4.78, 5) is 34.3. The molecule has 0 fully saturated rings. The van der Waals surface area contributed by atoms with Crippen molar-refractivity contribution < 1.29 is 28.8 Å². The van der Waals surface area contributed by atoms with Gasteiger partial charge in [0.1, 0.15) is 0 Å². The summed E-state index contributed by atoms with van der Waals surface area (Å²) in [5.41, 5.74) is 1.72. The molecule has 0 amide bonds. The lowest BCUT2D eigenvalue weighted by atomic mass is 9.96. The van der Waals surface area contributed by atoms with Gasteiger partial charge in [-0.05, 0) is 13.8 Å². The molecule has 0 aliphatic carbocycles. The molecule has 0 N–H and O–H groups in total. The first-order chi connectivity index (χ1) is 10.7. The van der Waals surface area contributed by atoms with Crippen molar-refractivity contribution in [1.29, 1.82) is 0 Å². The molecule has 0 aromatic heterocycles. The van der Waals surface area contributed by atoms with Gasteiger partial charge >= 0.3 is 11.9 Å². The van der Waals surface area contributed by atoms with Crippen LogP contribution in [0.4, 0.5) is 0 Å². The predicted molar refractivity (Wildman–Crippen MR) is 77.2 cm³/mol. The Balaban J connectivity index is 2.23. The maximum atomic E-state index is 12.0. The second kappa shape index (κ2) is 7.79. The van der Waals surface area contributed by atoms with E-state index in [2.05, 4.69) is 0 Å². The van der Waals surface area contributed by atoms with E-state index in [0.717, 1.165) is 17.5 Å². The molecule has 6 heteroatoms. The van der Waals surface area contributed by atoms with Crippen LogP contribution in [0.5, 0.6) is 5.75 Å². The standard InChI is InChI=1S/C16H20O6/c1-3-19-15(17)13(16(18)20-4-2)10-12-7-5-6-11-8-9-21-22-14(11)12/h5-7,13H,3-4,8-10H2,1-2H3. The number of esters is 2. The second-order valence-electron chi connectivity index (χ2n) is 4.82. The number of para-hydroxylation sites is 1. The van der Waals surface area contributed by atoms with Gasteiger partial charge in [0.15, 0.2) is 11.7 Å². The van der Waals surface area contributed by atoms with Crippen molar-refractivity contribution in [2.24, 2.45) is 5.92 Å². The van der Waals surface area contributed by atoms with Crippen molar-refractivity contribution in [3.63, 3.8) is 0 Å². The van der Waals surface area contributed by atoms with E-state index in [1.54, 1.807) is 19.9 Å². The monoisotopic (exact) mass is 308 g/mol. The largest absolute Gasteiger partial charge is 0.465 e. The van der Waals surface area contributed by atoms with Crippen molar-refractivity contribution >= 4 is 11.9 Å². The fourth-order valence-electron chi connectivity index (χ4n) is 2.32. The van der Waals surface area contributed by atoms with Gasteiger partial charge in [0.2, 0.25) is 0 Å². The smallest absolute Gasteiger partial charge is 0.320 e. The highest BCUT2D eigenvalue weighted by molar-refractivity contribution is 5.95. The van der Waals surface area contributed by atoms with E-state index in [-0.39, 0.29) is 19.6 Å². The zero-order valence-electron chi connectivity index (χ0n) is 12.8. The molecule has 0 bridgehead atoms. The summed E-state index contributed by atoms with van der Waals surface area (Å²) in [5.74, 6) is -1.60. The molecule has 1 heterocycles. The van der Waals surface area contributed by atoms with Crippen molar-refractivity contribution in [3.05, 3.63) is 29.3 Å². The Morgan fingerprint density at radius 3 is 2.50 bits per heavy atom. The zero-order valence-corrected chi connectivity index (χ0v) is 12.8. The maximum absolute atomic E-state index is 12.0. The molecule has 1 aliphatic heterocycles. The van der Waals surface area contributed by atoms with Gasteiger partial charge in [-0.1, -0.05) is 18.2 Å². The van der Waals surface area contributed by atoms with E-state index in [0.29, 0.717) is 12.4 Å². The molecule has 22 heavy (non-hydrogen) atoms. The van der Waals surface area contributed by atoms with E-state index in [4.69, 9.17) is 19.2 Å². The molecule has 0 spiro atoms. The maximum Gasteiger partial charge on any atom is 0.320 e. The number of hydrogen-bond acceptors (Lipinski definition) is 6. The Bertz CT molecular complexity index is 521. The Morgan fingerprint density at radius 2 is 1.86 bits per heavy atom. The number of rotatable bonds is 6. The third-order valence-corrected chi connectivity index (χ3v) is 3.34. The highest BCUT2D eigenvalue weighted by Gasteiger charge is 2.31. The number of fused-ring (bicyclic) bond motifs is 1. The van der Waals surface area contributed by atoms with Crippen LogP contribution in [-0.2, 0) is 36.8 Å². The molecule has 0 atom stereocenters. The first kappa shape index (κ1) is 16.3. The van der Waals surface area contributed by atoms with Crippen LogP contribution in [0.3, 0.4) is 0 Å². The van der Waals surface area contributed by atoms with Crippen LogP contribution in [0.2, 0.25) is 0 Å². The summed E-state index contributed by atoms with van der Waals surface area (Å²) in [6.45, 7) is 4.29. The Kier molecular flexibility index (Phi) is 5.77. The van der Waals surface area contributed by atoms with Gasteiger partial charge < -0.3 is 14.4 Å². The van der Waals surface area contributed by atoms with Crippen molar-refractivity contribution in [3.8, 4) is 5.75 Å². The van der Waals surface area contributed by atoms with Gasteiger partial charge in [-0.3, -0.25) is 9.59 Å². The van der Waals surface area contributed by atoms with Crippen LogP contribution in [0.1, 0.15) is 25.0 Å². The van der Waals surface area contributed by atoms with Gasteiger partial charge in [0, 0.05) is 24.0 Å². The zero-order chi connectivity index (χ0) is 15.9. The molecule has 0 saturated heterocycles. The average molecular weight is 308 g/mol. The quantitative estimate of drug-likeness (QED) is 0.454. The summed E-state index contributed by atoms with van der Waals surface area (Å²) in [7, 11) is 0. The van der Waals surface area contributed by atoms with Gasteiger partial charge in [-0.2, -0.15) is 4.89 Å². The van der Waals surface area contributed by atoms with E-state index < -0.39 is 17.9 Å². The summed E-state index contributed by atoms with van der Waals surface area (Å²) >= 11 is 0. The van der Waals surface area contributed by atoms with Crippen molar-refractivity contribution in [1.82, 2.24) is 0 Å². The third-order valence-electron chi connectivity index (χ3n) is 3.34. The molecule has 1 aromatic carbocycles. The fraction of sp³-hybridized carbons (Fsp3) is 0.500. The van der Waals surface area contributed by atoms with E-state index in [1.165, 1.54) is 0 Å². The van der Waals surface area contributed by atoms with Crippen molar-refractivity contribution in [2.75, 3.05) is 19.8 Å². The van der Waals surface area contributed by atoms with Gasteiger partial charge in [-0.15, -0.1) is 0 Å². The average Bonchev–Trinajstić information content (AvgIpc) is 2.53. The van der Waals surface area contributed by atoms with Crippen LogP contribution in [-0.4, -0.2) is 31.8 Å². The molecule has 1 aliphatic rings. The highest BCUT2D eigenvalue weighted by atomic mass is 17.2. The van der Waals surface area contributed by atoms with Crippen LogP contribution >= 0.6 is 0 Å². The molecule has 0 saturated carbocycles. The van der Waals surface area contributed by atoms with E-state index in [9.17, 15) is 9.59 Å². The predicted octanol–water partition coefficient (Wildman–Crippen LogP) is 1.84. The number of hydrogen-bond donors (Lipinski definition) is 0. The van der Waals surface area contributed by atoms with Gasteiger partial charge in [0.05, 0.1) is 19.8 Å². The van der Waals surface area contributed by atoms with Gasteiger partial charge in [0.25, 0.3) is 0 Å². The molecule has 2 rings (SSSR count). The molecule has 120 valence electrons. The van der Waals surface area contributed by atoms with Crippen molar-refractivity contribution in [2.45, 2.75) is 26.7 Å². The van der Waals surface area contributed by atoms with Crippen LogP contribution in [0.25, 0.3) is 0 Å². The first-order valence-corrected chi connectivity index (χ1v) is 7.40. The Morgan fingerprint density at radius 1 is 1.18 bits per heavy atom. The topological polar surface area (TPSA) is 71.1 Å². The molecule has 0 radical (unpaired) electrons. The Labute approximate surface area is 129 Å². The summed E-state index contributed by atoms with van der Waals surface area (Å²) in [5, 5.41) is 0. The molecule has 0 unspecified atom stereocenters. The molecular weight excluding hydrogens is 288 g/mol. The second-order valence-corrected chi connectivity index (χ2v) is 4.82. The lowest BCUT2D eigenvalue weighted by Crippen LogP contribution is -2.30. The number of benzene rings is 1. The van der Waals surface area contributed by atoms with Crippen LogP contribution < -0.4 is 4.89 Å². The summed E-state index contributed by atoms with van der Waals surface area (Å²) in [6.07, 6.45) is 0.886. The number of carbonyl (C=O) groups is 2. The first-order valence-electron chi connectivity index (χ1n) is 7.40. The van der Waals surface area contributed by atoms with E-state index in [1.807, 2.05) is 12.1 Å². The summed E-state index contributed by atoms with van der Waals surface area (Å²) in [6, 6.07) is 5.61. The SMILES string of the molecule is CCOC(=O)C(Cc1cccc2c1OOCC2)C(=O)OCC.